The zero-order chi connectivity index (χ0) is 14.3. The van der Waals surface area contributed by atoms with Crippen LogP contribution >= 0.6 is 47.8 Å². The Morgan fingerprint density at radius 1 is 1.11 bits per heavy atom. The quantitative estimate of drug-likeness (QED) is 0.402. The van der Waals surface area contributed by atoms with Gasteiger partial charge in [-0.25, -0.2) is 0 Å². The van der Waals surface area contributed by atoms with Gasteiger partial charge >= 0.3 is 0 Å². The summed E-state index contributed by atoms with van der Waals surface area (Å²) in [4.78, 5) is 0. The molecule has 0 unspecified atom stereocenters. The van der Waals surface area contributed by atoms with Crippen LogP contribution in [0.4, 0.5) is 0 Å². The molecule has 0 aliphatic rings. The molecule has 0 amide bonds. The van der Waals surface area contributed by atoms with Gasteiger partial charge in [-0.2, -0.15) is 0 Å². The highest BCUT2D eigenvalue weighted by Gasteiger charge is 2.28. The van der Waals surface area contributed by atoms with Crippen molar-refractivity contribution in [2.24, 2.45) is 5.41 Å². The number of ether oxygens (including phenoxy) is 1. The van der Waals surface area contributed by atoms with Crippen molar-refractivity contribution in [1.29, 1.82) is 0 Å². The molecule has 0 fully saturated rings. The number of alkyl halides is 1. The molecule has 0 atom stereocenters. The molecule has 0 saturated carbocycles. The van der Waals surface area contributed by atoms with Crippen LogP contribution in [0.25, 0.3) is 0 Å². The summed E-state index contributed by atoms with van der Waals surface area (Å²) in [6.45, 7) is 5.24. The Bertz CT molecular complexity index is 387. The lowest BCUT2D eigenvalue weighted by Crippen LogP contribution is -2.30. The summed E-state index contributed by atoms with van der Waals surface area (Å²) in [5.41, 5.74) is 0.246. The van der Waals surface area contributed by atoms with Gasteiger partial charge in [0.2, 0.25) is 0 Å². The van der Waals surface area contributed by atoms with Gasteiger partial charge in [-0.3, -0.25) is 0 Å². The van der Waals surface area contributed by atoms with Crippen LogP contribution in [0.5, 0.6) is 5.75 Å². The average molecular weight is 457 g/mol. The second-order valence-corrected chi connectivity index (χ2v) is 7.33. The first kappa shape index (κ1) is 17.5. The third-order valence-electron chi connectivity index (χ3n) is 3.27. The predicted molar refractivity (Wildman–Crippen MR) is 93.4 cm³/mol. The minimum atomic E-state index is 0.246. The number of hydrogen-bond donors (Lipinski definition) is 0. The highest BCUT2D eigenvalue weighted by Crippen LogP contribution is 2.35. The first-order valence-corrected chi connectivity index (χ1v) is 9.41. The fourth-order valence-electron chi connectivity index (χ4n) is 2.33. The van der Waals surface area contributed by atoms with Crippen molar-refractivity contribution in [3.63, 3.8) is 0 Å². The summed E-state index contributed by atoms with van der Waals surface area (Å²) >= 11 is 10.7. The van der Waals surface area contributed by atoms with Crippen LogP contribution in [0.15, 0.2) is 27.1 Å². The SMILES string of the molecule is CCCC(CBr)(CCC)COc1ccc(Br)cc1Br. The van der Waals surface area contributed by atoms with Crippen LogP contribution < -0.4 is 4.74 Å². The molecule has 1 rings (SSSR count). The molecule has 0 saturated heterocycles. The van der Waals surface area contributed by atoms with Gasteiger partial charge in [-0.1, -0.05) is 58.5 Å². The molecule has 0 bridgehead atoms. The second-order valence-electron chi connectivity index (χ2n) is 5.00. The van der Waals surface area contributed by atoms with Crippen molar-refractivity contribution >= 4 is 47.8 Å². The Morgan fingerprint density at radius 3 is 2.21 bits per heavy atom. The first-order valence-electron chi connectivity index (χ1n) is 6.70. The van der Waals surface area contributed by atoms with E-state index in [1.165, 1.54) is 25.7 Å². The molecule has 0 aliphatic heterocycles. The van der Waals surface area contributed by atoms with E-state index in [2.05, 4.69) is 61.6 Å². The molecular weight excluding hydrogens is 436 g/mol. The largest absolute Gasteiger partial charge is 0.492 e. The lowest BCUT2D eigenvalue weighted by molar-refractivity contribution is 0.144. The molecule has 1 aromatic carbocycles. The highest BCUT2D eigenvalue weighted by atomic mass is 79.9. The zero-order valence-electron chi connectivity index (χ0n) is 11.5. The van der Waals surface area contributed by atoms with Crippen LogP contribution in [0, 0.1) is 5.41 Å². The molecule has 0 aliphatic carbocycles. The topological polar surface area (TPSA) is 9.23 Å². The third-order valence-corrected chi connectivity index (χ3v) is 5.57. The third kappa shape index (κ3) is 5.39. The van der Waals surface area contributed by atoms with Crippen molar-refractivity contribution in [1.82, 2.24) is 0 Å². The maximum atomic E-state index is 6.06. The lowest BCUT2D eigenvalue weighted by Gasteiger charge is -2.31. The number of rotatable bonds is 8. The average Bonchev–Trinajstić information content (AvgIpc) is 2.38. The molecular formula is C15H21Br3O. The van der Waals surface area contributed by atoms with E-state index in [0.717, 1.165) is 26.6 Å². The van der Waals surface area contributed by atoms with E-state index in [1.807, 2.05) is 18.2 Å². The van der Waals surface area contributed by atoms with Crippen molar-refractivity contribution in [3.8, 4) is 5.75 Å². The standard InChI is InChI=1S/C15H21Br3O/c1-3-7-15(10-16,8-4-2)11-19-14-6-5-12(17)9-13(14)18/h5-6,9H,3-4,7-8,10-11H2,1-2H3. The maximum Gasteiger partial charge on any atom is 0.133 e. The number of hydrogen-bond acceptors (Lipinski definition) is 1. The second kappa shape index (κ2) is 8.68. The Morgan fingerprint density at radius 2 is 1.74 bits per heavy atom. The zero-order valence-corrected chi connectivity index (χ0v) is 16.3. The molecule has 0 radical (unpaired) electrons. The van der Waals surface area contributed by atoms with Gasteiger partial charge in [0.05, 0.1) is 11.1 Å². The van der Waals surface area contributed by atoms with Crippen molar-refractivity contribution in [2.75, 3.05) is 11.9 Å². The van der Waals surface area contributed by atoms with Crippen molar-refractivity contribution < 1.29 is 4.74 Å². The van der Waals surface area contributed by atoms with E-state index in [-0.39, 0.29) is 5.41 Å². The van der Waals surface area contributed by atoms with Gasteiger partial charge in [0.15, 0.2) is 0 Å². The van der Waals surface area contributed by atoms with E-state index < -0.39 is 0 Å². The molecule has 1 nitrogen and oxygen atoms in total. The number of benzene rings is 1. The number of halogens is 3. The van der Waals surface area contributed by atoms with E-state index in [9.17, 15) is 0 Å². The normalized spacial score (nSPS) is 11.6. The fourth-order valence-corrected chi connectivity index (χ4v) is 4.21. The summed E-state index contributed by atoms with van der Waals surface area (Å²) < 4.78 is 8.11. The van der Waals surface area contributed by atoms with E-state index in [1.54, 1.807) is 0 Å². The van der Waals surface area contributed by atoms with Crippen LogP contribution in [-0.4, -0.2) is 11.9 Å². The summed E-state index contributed by atoms with van der Waals surface area (Å²) in [7, 11) is 0. The van der Waals surface area contributed by atoms with Crippen molar-refractivity contribution in [3.05, 3.63) is 27.1 Å². The summed E-state index contributed by atoms with van der Waals surface area (Å²) in [5, 5.41) is 0.996. The van der Waals surface area contributed by atoms with Crippen LogP contribution in [0.3, 0.4) is 0 Å². The van der Waals surface area contributed by atoms with E-state index in [0.29, 0.717) is 0 Å². The molecule has 1 aromatic rings. The van der Waals surface area contributed by atoms with E-state index >= 15 is 0 Å². The Balaban J connectivity index is 2.74. The molecule has 108 valence electrons. The molecule has 0 N–H and O–H groups in total. The van der Waals surface area contributed by atoms with Crippen LogP contribution in [0.2, 0.25) is 0 Å². The lowest BCUT2D eigenvalue weighted by atomic mass is 9.82. The minimum Gasteiger partial charge on any atom is -0.492 e. The van der Waals surface area contributed by atoms with Gasteiger partial charge in [0.1, 0.15) is 5.75 Å². The minimum absolute atomic E-state index is 0.246. The Hall–Kier alpha value is 0.460. The maximum absolute atomic E-state index is 6.06. The summed E-state index contributed by atoms with van der Waals surface area (Å²) in [6.07, 6.45) is 4.77. The van der Waals surface area contributed by atoms with Gasteiger partial charge in [0.25, 0.3) is 0 Å². The molecule has 0 heterocycles. The molecule has 0 spiro atoms. The Labute approximate surface area is 141 Å². The van der Waals surface area contributed by atoms with Crippen LogP contribution in [-0.2, 0) is 0 Å². The van der Waals surface area contributed by atoms with Crippen molar-refractivity contribution in [2.45, 2.75) is 39.5 Å². The summed E-state index contributed by atoms with van der Waals surface area (Å²) in [6, 6.07) is 6.03. The monoisotopic (exact) mass is 454 g/mol. The first-order chi connectivity index (χ1) is 9.06. The molecule has 19 heavy (non-hydrogen) atoms. The smallest absolute Gasteiger partial charge is 0.133 e. The van der Waals surface area contributed by atoms with Gasteiger partial charge in [0, 0.05) is 15.2 Å². The predicted octanol–water partition coefficient (Wildman–Crippen LogP) is 6.57. The Kier molecular flexibility index (Phi) is 8.00. The van der Waals surface area contributed by atoms with Gasteiger partial charge < -0.3 is 4.74 Å². The summed E-state index contributed by atoms with van der Waals surface area (Å²) in [5.74, 6) is 0.917. The highest BCUT2D eigenvalue weighted by molar-refractivity contribution is 9.11. The van der Waals surface area contributed by atoms with Crippen LogP contribution in [0.1, 0.15) is 39.5 Å². The van der Waals surface area contributed by atoms with E-state index in [4.69, 9.17) is 4.74 Å². The van der Waals surface area contributed by atoms with Gasteiger partial charge in [-0.05, 0) is 47.0 Å². The molecule has 0 aromatic heterocycles. The van der Waals surface area contributed by atoms with Gasteiger partial charge in [-0.15, -0.1) is 0 Å². The fraction of sp³-hybridized carbons (Fsp3) is 0.600. The molecule has 4 heteroatoms.